The lowest BCUT2D eigenvalue weighted by Crippen LogP contribution is -2.48. The fourth-order valence-electron chi connectivity index (χ4n) is 3.95. The average Bonchev–Trinajstić information content (AvgIpc) is 3.17. The number of carbonyl (C=O) groups is 2. The molecular formula is C23H20N2O5S. The zero-order valence-electron chi connectivity index (χ0n) is 17.0. The first-order valence-electron chi connectivity index (χ1n) is 9.58. The minimum Gasteiger partial charge on any atom is -0.497 e. The Morgan fingerprint density at radius 1 is 1.19 bits per heavy atom. The number of thioether (sulfide) groups is 1. The summed E-state index contributed by atoms with van der Waals surface area (Å²) in [5.74, 6) is -0.292. The van der Waals surface area contributed by atoms with Gasteiger partial charge in [-0.2, -0.15) is 5.26 Å². The molecule has 2 aliphatic rings. The maximum absolute atomic E-state index is 13.2. The van der Waals surface area contributed by atoms with Crippen LogP contribution in [0.1, 0.15) is 33.8 Å². The number of carbonyl (C=O) groups excluding carboxylic acids is 2. The van der Waals surface area contributed by atoms with Gasteiger partial charge in [-0.3, -0.25) is 9.69 Å². The van der Waals surface area contributed by atoms with Crippen molar-refractivity contribution in [2.24, 2.45) is 0 Å². The highest BCUT2D eigenvalue weighted by molar-refractivity contribution is 8.03. The number of amides is 1. The Labute approximate surface area is 183 Å². The third-order valence-corrected chi connectivity index (χ3v) is 6.82. The van der Waals surface area contributed by atoms with E-state index in [4.69, 9.17) is 9.47 Å². The van der Waals surface area contributed by atoms with Crippen LogP contribution in [0.3, 0.4) is 0 Å². The summed E-state index contributed by atoms with van der Waals surface area (Å²) in [4.78, 5) is 26.2. The van der Waals surface area contributed by atoms with Gasteiger partial charge in [0.05, 0.1) is 42.2 Å². The first-order valence-corrected chi connectivity index (χ1v) is 10.6. The minimum atomic E-state index is -1.54. The lowest BCUT2D eigenvalue weighted by molar-refractivity contribution is -0.149. The molecule has 2 aliphatic heterocycles. The normalized spacial score (nSPS) is 22.7. The van der Waals surface area contributed by atoms with E-state index in [0.29, 0.717) is 27.5 Å². The number of benzene rings is 2. The highest BCUT2D eigenvalue weighted by Gasteiger charge is 2.51. The molecule has 1 amide bonds. The Bertz CT molecular complexity index is 1100. The monoisotopic (exact) mass is 436 g/mol. The number of methoxy groups -OCH3 is 2. The van der Waals surface area contributed by atoms with E-state index in [1.807, 2.05) is 0 Å². The number of aliphatic hydroxyl groups is 1. The number of nitrogens with zero attached hydrogens (tertiary/aromatic N) is 2. The van der Waals surface area contributed by atoms with Crippen molar-refractivity contribution in [3.8, 4) is 11.8 Å². The summed E-state index contributed by atoms with van der Waals surface area (Å²) in [7, 11) is 2.87. The molecule has 0 unspecified atom stereocenters. The van der Waals surface area contributed by atoms with E-state index < -0.39 is 17.6 Å². The number of esters is 1. The van der Waals surface area contributed by atoms with Gasteiger partial charge in [0.25, 0.3) is 0 Å². The predicted molar refractivity (Wildman–Crippen MR) is 114 cm³/mol. The minimum absolute atomic E-state index is 0.0446. The van der Waals surface area contributed by atoms with Crippen molar-refractivity contribution < 1.29 is 24.2 Å². The van der Waals surface area contributed by atoms with E-state index in [0.717, 1.165) is 5.56 Å². The van der Waals surface area contributed by atoms with Crippen molar-refractivity contribution in [3.63, 3.8) is 0 Å². The SMILES string of the molecule is COC(=O)c1ccc([C@@H]2CC(=O)N3C(=C2C#N)SC[C@@]3(O)c2ccc(OC)cc2)cc1. The topological polar surface area (TPSA) is 99.9 Å². The summed E-state index contributed by atoms with van der Waals surface area (Å²) in [6, 6.07) is 15.8. The van der Waals surface area contributed by atoms with Gasteiger partial charge in [-0.1, -0.05) is 24.3 Å². The molecule has 158 valence electrons. The van der Waals surface area contributed by atoms with Crippen molar-refractivity contribution in [1.29, 1.82) is 5.26 Å². The van der Waals surface area contributed by atoms with Crippen molar-refractivity contribution in [2.75, 3.05) is 20.0 Å². The van der Waals surface area contributed by atoms with E-state index in [9.17, 15) is 20.0 Å². The highest BCUT2D eigenvalue weighted by atomic mass is 32.2. The summed E-state index contributed by atoms with van der Waals surface area (Å²) in [5, 5.41) is 21.8. The Hall–Kier alpha value is -3.28. The van der Waals surface area contributed by atoms with Crippen LogP contribution in [0.25, 0.3) is 0 Å². The van der Waals surface area contributed by atoms with Gasteiger partial charge in [0.1, 0.15) is 5.75 Å². The van der Waals surface area contributed by atoms with E-state index in [1.165, 1.54) is 23.8 Å². The summed E-state index contributed by atoms with van der Waals surface area (Å²) in [5.41, 5.74) is 0.600. The molecule has 1 fully saturated rings. The van der Waals surface area contributed by atoms with Crippen LogP contribution in [0, 0.1) is 11.3 Å². The number of rotatable bonds is 4. The number of hydrogen-bond acceptors (Lipinski definition) is 7. The van der Waals surface area contributed by atoms with Crippen LogP contribution >= 0.6 is 11.8 Å². The average molecular weight is 436 g/mol. The second-order valence-corrected chi connectivity index (χ2v) is 8.23. The van der Waals surface area contributed by atoms with Gasteiger partial charge in [0, 0.05) is 17.9 Å². The second kappa shape index (κ2) is 8.10. The van der Waals surface area contributed by atoms with Crippen LogP contribution < -0.4 is 4.74 Å². The van der Waals surface area contributed by atoms with Crippen LogP contribution in [0.4, 0.5) is 0 Å². The third kappa shape index (κ3) is 3.46. The van der Waals surface area contributed by atoms with Gasteiger partial charge in [0.15, 0.2) is 5.72 Å². The molecule has 0 bridgehead atoms. The molecule has 31 heavy (non-hydrogen) atoms. The van der Waals surface area contributed by atoms with Gasteiger partial charge in [-0.05, 0) is 29.8 Å². The maximum atomic E-state index is 13.2. The van der Waals surface area contributed by atoms with Crippen LogP contribution in [0.15, 0.2) is 59.1 Å². The zero-order valence-corrected chi connectivity index (χ0v) is 17.8. The molecule has 2 heterocycles. The largest absolute Gasteiger partial charge is 0.497 e. The number of fused-ring (bicyclic) bond motifs is 1. The molecule has 7 nitrogen and oxygen atoms in total. The van der Waals surface area contributed by atoms with Gasteiger partial charge in [-0.25, -0.2) is 4.79 Å². The Morgan fingerprint density at radius 2 is 1.87 bits per heavy atom. The zero-order chi connectivity index (χ0) is 22.2. The van der Waals surface area contributed by atoms with Crippen molar-refractivity contribution in [3.05, 3.63) is 75.8 Å². The molecule has 0 saturated carbocycles. The molecule has 1 N–H and O–H groups in total. The third-order valence-electron chi connectivity index (χ3n) is 5.60. The van der Waals surface area contributed by atoms with Crippen LogP contribution in [0.2, 0.25) is 0 Å². The molecule has 0 aromatic heterocycles. The van der Waals surface area contributed by atoms with Gasteiger partial charge >= 0.3 is 5.97 Å². The number of hydrogen-bond donors (Lipinski definition) is 1. The summed E-state index contributed by atoms with van der Waals surface area (Å²) < 4.78 is 9.89. The van der Waals surface area contributed by atoms with Crippen molar-refractivity contribution >= 4 is 23.6 Å². The second-order valence-electron chi connectivity index (χ2n) is 7.26. The smallest absolute Gasteiger partial charge is 0.337 e. The van der Waals surface area contributed by atoms with Crippen molar-refractivity contribution in [1.82, 2.24) is 4.90 Å². The predicted octanol–water partition coefficient (Wildman–Crippen LogP) is 3.12. The highest BCUT2D eigenvalue weighted by Crippen LogP contribution is 2.51. The Kier molecular flexibility index (Phi) is 5.48. The first-order chi connectivity index (χ1) is 14.9. The van der Waals surface area contributed by atoms with Crippen molar-refractivity contribution in [2.45, 2.75) is 18.1 Å². The van der Waals surface area contributed by atoms with Crippen LogP contribution in [-0.4, -0.2) is 41.9 Å². The molecule has 0 spiro atoms. The molecule has 0 radical (unpaired) electrons. The molecule has 0 aliphatic carbocycles. The lowest BCUT2D eigenvalue weighted by atomic mass is 9.85. The van der Waals surface area contributed by atoms with E-state index in [1.54, 1.807) is 55.6 Å². The Balaban J connectivity index is 1.72. The molecule has 8 heteroatoms. The quantitative estimate of drug-likeness (QED) is 0.735. The summed E-state index contributed by atoms with van der Waals surface area (Å²) in [6.45, 7) is 0. The van der Waals surface area contributed by atoms with Crippen LogP contribution in [-0.2, 0) is 15.3 Å². The van der Waals surface area contributed by atoms with Gasteiger partial charge in [0.2, 0.25) is 5.91 Å². The molecule has 2 aromatic carbocycles. The molecular weight excluding hydrogens is 416 g/mol. The Morgan fingerprint density at radius 3 is 2.45 bits per heavy atom. The molecule has 2 aromatic rings. The van der Waals surface area contributed by atoms with E-state index in [-0.39, 0.29) is 18.1 Å². The molecule has 2 atom stereocenters. The van der Waals surface area contributed by atoms with Gasteiger partial charge in [-0.15, -0.1) is 11.8 Å². The fraction of sp³-hybridized carbons (Fsp3) is 0.261. The number of nitriles is 1. The van der Waals surface area contributed by atoms with E-state index in [2.05, 4.69) is 6.07 Å². The number of allylic oxidation sites excluding steroid dienone is 1. The fourth-order valence-corrected chi connectivity index (χ4v) is 5.31. The number of ether oxygens (including phenoxy) is 2. The van der Waals surface area contributed by atoms with Crippen LogP contribution in [0.5, 0.6) is 5.75 Å². The lowest BCUT2D eigenvalue weighted by Gasteiger charge is -2.38. The van der Waals surface area contributed by atoms with E-state index >= 15 is 0 Å². The maximum Gasteiger partial charge on any atom is 0.337 e. The molecule has 1 saturated heterocycles. The summed E-state index contributed by atoms with van der Waals surface area (Å²) in [6.07, 6.45) is 0.0446. The molecule has 4 rings (SSSR count). The van der Waals surface area contributed by atoms with Gasteiger partial charge < -0.3 is 14.6 Å². The standard InChI is InChI=1S/C23H20N2O5S/c1-29-17-9-7-16(8-10-17)23(28)13-31-21-19(12-24)18(11-20(26)25(21)23)14-3-5-15(6-4-14)22(27)30-2/h3-10,18,28H,11,13H2,1-2H3/t18-,23+/m0/s1. The summed E-state index contributed by atoms with van der Waals surface area (Å²) >= 11 is 1.29. The first kappa shape index (κ1) is 21.0.